The molecule has 0 saturated carbocycles. The minimum absolute atomic E-state index is 0.0702. The van der Waals surface area contributed by atoms with Crippen molar-refractivity contribution in [2.45, 2.75) is 0 Å². The largest absolute Gasteiger partial charge is 0.508 e. The van der Waals surface area contributed by atoms with E-state index in [0.29, 0.717) is 22.8 Å². The van der Waals surface area contributed by atoms with Crippen molar-refractivity contribution in [1.82, 2.24) is 5.16 Å². The summed E-state index contributed by atoms with van der Waals surface area (Å²) >= 11 is 0. The Morgan fingerprint density at radius 1 is 1.25 bits per heavy atom. The van der Waals surface area contributed by atoms with Crippen molar-refractivity contribution in [3.8, 4) is 28.5 Å². The van der Waals surface area contributed by atoms with Gasteiger partial charge in [-0.15, -0.1) is 0 Å². The van der Waals surface area contributed by atoms with Crippen LogP contribution in [-0.2, 0) is 0 Å². The van der Waals surface area contributed by atoms with Crippen LogP contribution in [-0.4, -0.2) is 17.1 Å². The maximum absolute atomic E-state index is 9.52. The minimum Gasteiger partial charge on any atom is -0.508 e. The Balaban J connectivity index is 2.20. The SMILES string of the molecule is Nc1cc(-c2cc(O)cc3c2OCO3)no1. The lowest BCUT2D eigenvalue weighted by atomic mass is 10.1. The van der Waals surface area contributed by atoms with Gasteiger partial charge in [0.25, 0.3) is 0 Å². The van der Waals surface area contributed by atoms with Crippen LogP contribution < -0.4 is 15.2 Å². The van der Waals surface area contributed by atoms with E-state index < -0.39 is 0 Å². The number of anilines is 1. The monoisotopic (exact) mass is 220 g/mol. The molecule has 0 unspecified atom stereocenters. The number of fused-ring (bicyclic) bond motifs is 1. The van der Waals surface area contributed by atoms with Crippen LogP contribution in [0.15, 0.2) is 22.7 Å². The molecule has 0 atom stereocenters. The van der Waals surface area contributed by atoms with Crippen molar-refractivity contribution in [3.63, 3.8) is 0 Å². The molecule has 0 amide bonds. The lowest BCUT2D eigenvalue weighted by Crippen LogP contribution is -1.93. The van der Waals surface area contributed by atoms with E-state index in [1.54, 1.807) is 6.07 Å². The van der Waals surface area contributed by atoms with Gasteiger partial charge < -0.3 is 24.8 Å². The van der Waals surface area contributed by atoms with Gasteiger partial charge in [-0.1, -0.05) is 5.16 Å². The zero-order valence-corrected chi connectivity index (χ0v) is 8.14. The highest BCUT2D eigenvalue weighted by atomic mass is 16.7. The van der Waals surface area contributed by atoms with Crippen LogP contribution in [0.3, 0.4) is 0 Å². The van der Waals surface area contributed by atoms with Crippen molar-refractivity contribution < 1.29 is 19.1 Å². The number of nitrogens with zero attached hydrogens (tertiary/aromatic N) is 1. The summed E-state index contributed by atoms with van der Waals surface area (Å²) < 4.78 is 15.2. The number of aromatic nitrogens is 1. The molecule has 1 aliphatic heterocycles. The molecule has 16 heavy (non-hydrogen) atoms. The summed E-state index contributed by atoms with van der Waals surface area (Å²) in [5.41, 5.74) is 6.52. The molecule has 0 spiro atoms. The van der Waals surface area contributed by atoms with Crippen molar-refractivity contribution in [2.24, 2.45) is 0 Å². The highest BCUT2D eigenvalue weighted by molar-refractivity contribution is 5.74. The molecule has 1 aromatic heterocycles. The average molecular weight is 220 g/mol. The third-order valence-electron chi connectivity index (χ3n) is 2.26. The van der Waals surface area contributed by atoms with Crippen LogP contribution in [0.25, 0.3) is 11.3 Å². The molecule has 0 bridgehead atoms. The van der Waals surface area contributed by atoms with Crippen molar-refractivity contribution in [3.05, 3.63) is 18.2 Å². The van der Waals surface area contributed by atoms with Gasteiger partial charge in [0.05, 0.1) is 5.56 Å². The molecule has 3 N–H and O–H groups in total. The van der Waals surface area contributed by atoms with Gasteiger partial charge in [-0.3, -0.25) is 0 Å². The van der Waals surface area contributed by atoms with Crippen LogP contribution in [0.2, 0.25) is 0 Å². The molecule has 3 rings (SSSR count). The summed E-state index contributed by atoms with van der Waals surface area (Å²) in [4.78, 5) is 0. The Bertz CT molecular complexity index is 550. The van der Waals surface area contributed by atoms with E-state index in [-0.39, 0.29) is 18.4 Å². The Hall–Kier alpha value is -2.37. The van der Waals surface area contributed by atoms with E-state index >= 15 is 0 Å². The second-order valence-corrected chi connectivity index (χ2v) is 3.34. The Labute approximate surface area is 90.2 Å². The van der Waals surface area contributed by atoms with Gasteiger partial charge in [0.1, 0.15) is 11.4 Å². The van der Waals surface area contributed by atoms with E-state index in [4.69, 9.17) is 19.7 Å². The van der Waals surface area contributed by atoms with Gasteiger partial charge in [0.15, 0.2) is 11.5 Å². The van der Waals surface area contributed by atoms with Gasteiger partial charge in [0, 0.05) is 12.1 Å². The van der Waals surface area contributed by atoms with Crippen LogP contribution in [0.4, 0.5) is 5.88 Å². The van der Waals surface area contributed by atoms with E-state index in [1.165, 1.54) is 12.1 Å². The second-order valence-electron chi connectivity index (χ2n) is 3.34. The molecular weight excluding hydrogens is 212 g/mol. The fourth-order valence-corrected chi connectivity index (χ4v) is 1.60. The van der Waals surface area contributed by atoms with Crippen molar-refractivity contribution in [1.29, 1.82) is 0 Å². The Kier molecular flexibility index (Phi) is 1.70. The molecule has 82 valence electrons. The fourth-order valence-electron chi connectivity index (χ4n) is 1.60. The zero-order valence-electron chi connectivity index (χ0n) is 8.14. The number of aromatic hydroxyl groups is 1. The number of hydrogen-bond donors (Lipinski definition) is 2. The Morgan fingerprint density at radius 2 is 2.12 bits per heavy atom. The van der Waals surface area contributed by atoms with E-state index in [1.807, 2.05) is 0 Å². The summed E-state index contributed by atoms with van der Waals surface area (Å²) in [6.07, 6.45) is 0. The van der Waals surface area contributed by atoms with Crippen LogP contribution in [0.5, 0.6) is 17.2 Å². The molecule has 1 aromatic carbocycles. The fraction of sp³-hybridized carbons (Fsp3) is 0.100. The molecule has 0 radical (unpaired) electrons. The molecule has 1 aliphatic rings. The number of phenols is 1. The average Bonchev–Trinajstić information content (AvgIpc) is 2.84. The molecule has 0 aliphatic carbocycles. The number of phenolic OH excluding ortho intramolecular Hbond substituents is 1. The molecular formula is C10H8N2O4. The lowest BCUT2D eigenvalue weighted by molar-refractivity contribution is 0.174. The standard InChI is InChI=1S/C10H8N2O4/c11-9-3-7(12-16-9)6-1-5(13)2-8-10(6)15-4-14-8/h1-3,13H,4,11H2. The lowest BCUT2D eigenvalue weighted by Gasteiger charge is -2.02. The third kappa shape index (κ3) is 1.23. The topological polar surface area (TPSA) is 90.7 Å². The van der Waals surface area contributed by atoms with Gasteiger partial charge in [0.2, 0.25) is 12.7 Å². The molecule has 2 heterocycles. The van der Waals surface area contributed by atoms with Crippen LogP contribution >= 0.6 is 0 Å². The summed E-state index contributed by atoms with van der Waals surface area (Å²) in [5, 5.41) is 13.3. The molecule has 0 saturated heterocycles. The maximum atomic E-state index is 9.52. The number of rotatable bonds is 1. The zero-order chi connectivity index (χ0) is 11.1. The highest BCUT2D eigenvalue weighted by Gasteiger charge is 2.22. The van der Waals surface area contributed by atoms with Gasteiger partial charge in [-0.05, 0) is 6.07 Å². The third-order valence-corrected chi connectivity index (χ3v) is 2.26. The summed E-state index contributed by atoms with van der Waals surface area (Å²) in [5.74, 6) is 1.29. The number of ether oxygens (including phenoxy) is 2. The molecule has 0 fully saturated rings. The molecule has 6 nitrogen and oxygen atoms in total. The highest BCUT2D eigenvalue weighted by Crippen LogP contribution is 2.43. The van der Waals surface area contributed by atoms with Gasteiger partial charge >= 0.3 is 0 Å². The molecule has 2 aromatic rings. The normalized spacial score (nSPS) is 13.0. The van der Waals surface area contributed by atoms with Crippen LogP contribution in [0, 0.1) is 0 Å². The first-order valence-electron chi connectivity index (χ1n) is 4.59. The smallest absolute Gasteiger partial charge is 0.231 e. The van der Waals surface area contributed by atoms with E-state index in [9.17, 15) is 5.11 Å². The van der Waals surface area contributed by atoms with E-state index in [0.717, 1.165) is 0 Å². The second kappa shape index (κ2) is 3.06. The Morgan fingerprint density at radius 3 is 2.88 bits per heavy atom. The predicted molar refractivity (Wildman–Crippen MR) is 54.1 cm³/mol. The summed E-state index contributed by atoms with van der Waals surface area (Å²) in [6, 6.07) is 4.55. The first-order valence-corrected chi connectivity index (χ1v) is 4.59. The molecule has 6 heteroatoms. The number of nitrogens with two attached hydrogens (primary N) is 1. The summed E-state index contributed by atoms with van der Waals surface area (Å²) in [7, 11) is 0. The van der Waals surface area contributed by atoms with Crippen molar-refractivity contribution >= 4 is 5.88 Å². The van der Waals surface area contributed by atoms with E-state index in [2.05, 4.69) is 5.16 Å². The first kappa shape index (κ1) is 8.90. The number of hydrogen-bond acceptors (Lipinski definition) is 6. The summed E-state index contributed by atoms with van der Waals surface area (Å²) in [6.45, 7) is 0.124. The number of benzene rings is 1. The minimum atomic E-state index is 0.0702. The quantitative estimate of drug-likeness (QED) is 0.753. The van der Waals surface area contributed by atoms with Crippen molar-refractivity contribution in [2.75, 3.05) is 12.5 Å². The predicted octanol–water partition coefficient (Wildman–Crippen LogP) is 1.36. The first-order chi connectivity index (χ1) is 7.74. The number of nitrogen functional groups attached to an aromatic ring is 1. The van der Waals surface area contributed by atoms with Gasteiger partial charge in [-0.2, -0.15) is 0 Å². The maximum Gasteiger partial charge on any atom is 0.231 e. The van der Waals surface area contributed by atoms with Gasteiger partial charge in [-0.25, -0.2) is 0 Å². The van der Waals surface area contributed by atoms with Crippen LogP contribution in [0.1, 0.15) is 0 Å².